The molecule has 0 fully saturated rings. The highest BCUT2D eigenvalue weighted by atomic mass is 32.2. The number of hydrazine groups is 1. The van der Waals surface area contributed by atoms with E-state index in [4.69, 9.17) is 9.84 Å². The lowest BCUT2D eigenvalue weighted by Crippen LogP contribution is -2.42. The Kier molecular flexibility index (Phi) is 5.99. The summed E-state index contributed by atoms with van der Waals surface area (Å²) in [5, 5.41) is 9.64. The molecule has 1 aromatic heterocycles. The van der Waals surface area contributed by atoms with Crippen molar-refractivity contribution in [2.24, 2.45) is 0 Å². The number of hydrogen-bond acceptors (Lipinski definition) is 6. The Balaban J connectivity index is 1.79. The maximum atomic E-state index is 12.7. The Morgan fingerprint density at radius 2 is 1.80 bits per heavy atom. The molecule has 0 saturated carbocycles. The van der Waals surface area contributed by atoms with Gasteiger partial charge in [0.2, 0.25) is 0 Å². The van der Waals surface area contributed by atoms with Crippen LogP contribution < -0.4 is 15.0 Å². The Hall–Kier alpha value is -3.50. The van der Waals surface area contributed by atoms with Crippen LogP contribution in [0.2, 0.25) is 0 Å². The number of hydrogen-bond donors (Lipinski definition) is 3. The fraction of sp³-hybridized carbons (Fsp3) is 0.150. The average Bonchev–Trinajstić information content (AvgIpc) is 2.71. The van der Waals surface area contributed by atoms with Crippen molar-refractivity contribution < 1.29 is 27.9 Å². The number of rotatable bonds is 7. The number of fused-ring (bicyclic) bond motifs is 1. The molecule has 3 aromatic rings. The fourth-order valence-corrected chi connectivity index (χ4v) is 3.96. The van der Waals surface area contributed by atoms with E-state index in [0.29, 0.717) is 11.1 Å². The van der Waals surface area contributed by atoms with Gasteiger partial charge in [-0.05, 0) is 37.6 Å². The molecule has 10 heteroatoms. The van der Waals surface area contributed by atoms with Gasteiger partial charge in [0.1, 0.15) is 11.4 Å². The van der Waals surface area contributed by atoms with E-state index in [2.05, 4.69) is 10.4 Å². The van der Waals surface area contributed by atoms with E-state index in [1.807, 2.05) is 17.0 Å². The highest BCUT2D eigenvalue weighted by Gasteiger charge is 2.22. The van der Waals surface area contributed by atoms with Crippen LogP contribution in [-0.4, -0.2) is 37.0 Å². The number of nitrogens with one attached hydrogen (secondary N) is 2. The number of ether oxygens (including phenoxy) is 1. The van der Waals surface area contributed by atoms with Gasteiger partial charge in [0, 0.05) is 10.9 Å². The van der Waals surface area contributed by atoms with Crippen LogP contribution in [0.3, 0.4) is 0 Å². The van der Waals surface area contributed by atoms with E-state index in [-0.39, 0.29) is 21.9 Å². The number of carbonyl (C=O) groups is 2. The lowest BCUT2D eigenvalue weighted by molar-refractivity contribution is -0.139. The second-order valence-electron chi connectivity index (χ2n) is 6.47. The molecule has 3 rings (SSSR count). The zero-order chi connectivity index (χ0) is 21.9. The molecule has 0 aliphatic rings. The van der Waals surface area contributed by atoms with Gasteiger partial charge in [-0.2, -0.15) is 0 Å². The third kappa shape index (κ3) is 4.56. The zero-order valence-electron chi connectivity index (χ0n) is 16.2. The summed E-state index contributed by atoms with van der Waals surface area (Å²) < 4.78 is 30.6. The highest BCUT2D eigenvalue weighted by molar-refractivity contribution is 7.89. The first-order valence-electron chi connectivity index (χ1n) is 8.82. The van der Waals surface area contributed by atoms with E-state index in [1.165, 1.54) is 25.1 Å². The molecule has 3 N–H and O–H groups in total. The molecule has 0 unspecified atom stereocenters. The van der Waals surface area contributed by atoms with E-state index in [0.717, 1.165) is 5.39 Å². The van der Waals surface area contributed by atoms with Gasteiger partial charge >= 0.3 is 5.97 Å². The minimum atomic E-state index is -4.15. The topological polar surface area (TPSA) is 135 Å². The lowest BCUT2D eigenvalue weighted by Gasteiger charge is -2.15. The second-order valence-corrected chi connectivity index (χ2v) is 8.12. The van der Waals surface area contributed by atoms with E-state index < -0.39 is 28.5 Å². The number of aryl methyl sites for hydroxylation is 1. The predicted octanol–water partition coefficient (Wildman–Crippen LogP) is 1.94. The molecule has 0 radical (unpaired) electrons. The van der Waals surface area contributed by atoms with Gasteiger partial charge in [0.25, 0.3) is 15.9 Å². The molecular weight excluding hydrogens is 410 g/mol. The lowest BCUT2D eigenvalue weighted by atomic mass is 10.1. The van der Waals surface area contributed by atoms with Crippen LogP contribution in [-0.2, 0) is 14.8 Å². The van der Waals surface area contributed by atoms with E-state index in [9.17, 15) is 18.0 Å². The Morgan fingerprint density at radius 3 is 2.53 bits per heavy atom. The minimum absolute atomic E-state index is 0.0440. The number of nitrogens with zero attached hydrogens (tertiary/aromatic N) is 1. The Labute approximate surface area is 172 Å². The number of benzene rings is 2. The maximum absolute atomic E-state index is 12.7. The van der Waals surface area contributed by atoms with Crippen molar-refractivity contribution in [1.29, 1.82) is 0 Å². The van der Waals surface area contributed by atoms with Crippen LogP contribution in [0.15, 0.2) is 53.4 Å². The first-order chi connectivity index (χ1) is 14.2. The van der Waals surface area contributed by atoms with Crippen molar-refractivity contribution in [3.63, 3.8) is 0 Å². The Morgan fingerprint density at radius 1 is 1.07 bits per heavy atom. The summed E-state index contributed by atoms with van der Waals surface area (Å²) in [6.07, 6.45) is 0. The minimum Gasteiger partial charge on any atom is -0.481 e. The first-order valence-corrected chi connectivity index (χ1v) is 10.3. The quantitative estimate of drug-likeness (QED) is 0.489. The summed E-state index contributed by atoms with van der Waals surface area (Å²) in [4.78, 5) is 29.2. The zero-order valence-corrected chi connectivity index (χ0v) is 17.0. The van der Waals surface area contributed by atoms with E-state index >= 15 is 0 Å². The van der Waals surface area contributed by atoms with Gasteiger partial charge in [0.15, 0.2) is 6.61 Å². The third-order valence-corrected chi connectivity index (χ3v) is 5.70. The first kappa shape index (κ1) is 21.2. The molecule has 30 heavy (non-hydrogen) atoms. The summed E-state index contributed by atoms with van der Waals surface area (Å²) in [6.45, 7) is 2.55. The normalized spacial score (nSPS) is 11.3. The van der Waals surface area contributed by atoms with Gasteiger partial charge in [0.05, 0.1) is 10.4 Å². The number of para-hydroxylation sites is 1. The number of aliphatic carboxylic acids is 1. The fourth-order valence-electron chi connectivity index (χ4n) is 2.88. The van der Waals surface area contributed by atoms with Gasteiger partial charge in [-0.3, -0.25) is 10.2 Å². The number of carboxylic acids is 1. The largest absolute Gasteiger partial charge is 0.481 e. The van der Waals surface area contributed by atoms with Crippen LogP contribution in [0.5, 0.6) is 5.75 Å². The second kappa shape index (κ2) is 8.47. The van der Waals surface area contributed by atoms with Gasteiger partial charge < -0.3 is 9.84 Å². The average molecular weight is 429 g/mol. The van der Waals surface area contributed by atoms with Crippen LogP contribution >= 0.6 is 0 Å². The molecular formula is C20H19N3O6S. The van der Waals surface area contributed by atoms with Crippen LogP contribution in [0.25, 0.3) is 10.9 Å². The highest BCUT2D eigenvalue weighted by Crippen LogP contribution is 2.28. The van der Waals surface area contributed by atoms with Crippen molar-refractivity contribution in [2.45, 2.75) is 18.7 Å². The monoisotopic (exact) mass is 429 g/mol. The standard InChI is InChI=1S/C20H19N3O6S/c1-12-7-10-17(13(2)19(12)29-11-18(24)25)30(27,28)23-22-20(26)16-9-8-14-5-3-4-6-15(14)21-16/h3-10,23H,11H2,1-2H3,(H,22,26)(H,24,25). The molecule has 156 valence electrons. The molecule has 0 spiro atoms. The summed E-state index contributed by atoms with van der Waals surface area (Å²) in [5.74, 6) is -1.76. The summed E-state index contributed by atoms with van der Waals surface area (Å²) in [7, 11) is -4.15. The molecule has 0 aliphatic heterocycles. The smallest absolute Gasteiger partial charge is 0.341 e. The van der Waals surface area contributed by atoms with Gasteiger partial charge in [-0.15, -0.1) is 4.83 Å². The van der Waals surface area contributed by atoms with E-state index in [1.54, 1.807) is 25.1 Å². The molecule has 9 nitrogen and oxygen atoms in total. The predicted molar refractivity (Wildman–Crippen MR) is 109 cm³/mol. The molecule has 2 aromatic carbocycles. The SMILES string of the molecule is Cc1ccc(S(=O)(=O)NNC(=O)c2ccc3ccccc3n2)c(C)c1OCC(=O)O. The number of carboxylic acid groups (broad SMARTS) is 1. The maximum Gasteiger partial charge on any atom is 0.341 e. The molecule has 1 heterocycles. The summed E-state index contributed by atoms with van der Waals surface area (Å²) in [5.41, 5.74) is 3.59. The van der Waals surface area contributed by atoms with Gasteiger partial charge in [-0.25, -0.2) is 18.2 Å². The summed E-state index contributed by atoms with van der Waals surface area (Å²) >= 11 is 0. The van der Waals surface area contributed by atoms with Crippen molar-refractivity contribution in [2.75, 3.05) is 6.61 Å². The molecule has 0 atom stereocenters. The van der Waals surface area contributed by atoms with Gasteiger partial charge in [-0.1, -0.05) is 30.3 Å². The number of aromatic nitrogens is 1. The Bertz CT molecular complexity index is 1240. The van der Waals surface area contributed by atoms with Crippen molar-refractivity contribution >= 4 is 32.8 Å². The molecule has 0 aliphatic carbocycles. The number of pyridine rings is 1. The number of carbonyl (C=O) groups excluding carboxylic acids is 1. The van der Waals surface area contributed by atoms with Crippen LogP contribution in [0, 0.1) is 13.8 Å². The summed E-state index contributed by atoms with van der Waals surface area (Å²) in [6, 6.07) is 13.2. The number of sulfonamides is 1. The van der Waals surface area contributed by atoms with Crippen LogP contribution in [0.1, 0.15) is 21.6 Å². The van der Waals surface area contributed by atoms with Crippen molar-refractivity contribution in [1.82, 2.24) is 15.2 Å². The van der Waals surface area contributed by atoms with Crippen molar-refractivity contribution in [3.8, 4) is 5.75 Å². The van der Waals surface area contributed by atoms with Crippen molar-refractivity contribution in [3.05, 3.63) is 65.4 Å². The number of amides is 1. The molecule has 1 amide bonds. The third-order valence-electron chi connectivity index (χ3n) is 4.31. The molecule has 0 bridgehead atoms. The van der Waals surface area contributed by atoms with Crippen LogP contribution in [0.4, 0.5) is 0 Å². The molecule has 0 saturated heterocycles.